The molecule has 0 aromatic carbocycles. The Kier molecular flexibility index (Phi) is 3.57. The smallest absolute Gasteiger partial charge is 0.270 e. The van der Waals surface area contributed by atoms with Gasteiger partial charge >= 0.3 is 0 Å². The lowest BCUT2D eigenvalue weighted by Gasteiger charge is -2.02. The first-order valence-electron chi connectivity index (χ1n) is 3.92. The van der Waals surface area contributed by atoms with E-state index >= 15 is 0 Å². The lowest BCUT2D eigenvalue weighted by atomic mass is 10.3. The molecule has 0 aliphatic carbocycles. The molecule has 2 amide bonds. The van der Waals surface area contributed by atoms with Crippen molar-refractivity contribution in [3.63, 3.8) is 0 Å². The summed E-state index contributed by atoms with van der Waals surface area (Å²) in [5.74, 6) is 3.96. The van der Waals surface area contributed by atoms with Crippen molar-refractivity contribution in [1.29, 1.82) is 0 Å². The molecular weight excluding hydrogens is 184 g/mol. The average molecular weight is 194 g/mol. The number of hydrazine groups is 1. The molecule has 0 unspecified atom stereocenters. The second-order valence-electron chi connectivity index (χ2n) is 2.47. The molecule has 0 saturated carbocycles. The zero-order chi connectivity index (χ0) is 10.4. The van der Waals surface area contributed by atoms with Crippen LogP contribution in [0.25, 0.3) is 0 Å². The SMILES string of the molecule is NNC(=O)CNC(=O)c1ccccn1. The molecule has 6 nitrogen and oxygen atoms in total. The van der Waals surface area contributed by atoms with E-state index in [4.69, 9.17) is 5.84 Å². The minimum Gasteiger partial charge on any atom is -0.342 e. The highest BCUT2D eigenvalue weighted by molar-refractivity contribution is 5.94. The summed E-state index contributed by atoms with van der Waals surface area (Å²) in [4.78, 5) is 25.8. The summed E-state index contributed by atoms with van der Waals surface area (Å²) in [7, 11) is 0. The molecule has 0 aliphatic rings. The van der Waals surface area contributed by atoms with Crippen LogP contribution in [0.3, 0.4) is 0 Å². The van der Waals surface area contributed by atoms with Gasteiger partial charge in [0.1, 0.15) is 5.69 Å². The van der Waals surface area contributed by atoms with Crippen LogP contribution in [0.1, 0.15) is 10.5 Å². The monoisotopic (exact) mass is 194 g/mol. The van der Waals surface area contributed by atoms with E-state index in [0.717, 1.165) is 0 Å². The van der Waals surface area contributed by atoms with Gasteiger partial charge in [0.25, 0.3) is 11.8 Å². The molecule has 1 aromatic heterocycles. The first-order valence-corrected chi connectivity index (χ1v) is 3.92. The molecule has 0 bridgehead atoms. The lowest BCUT2D eigenvalue weighted by molar-refractivity contribution is -0.120. The van der Waals surface area contributed by atoms with Crippen molar-refractivity contribution in [2.45, 2.75) is 0 Å². The highest BCUT2D eigenvalue weighted by Gasteiger charge is 2.06. The van der Waals surface area contributed by atoms with Gasteiger partial charge in [-0.3, -0.25) is 20.0 Å². The summed E-state index contributed by atoms with van der Waals surface area (Å²) in [5, 5.41) is 2.36. The van der Waals surface area contributed by atoms with Gasteiger partial charge in [-0.15, -0.1) is 0 Å². The van der Waals surface area contributed by atoms with Gasteiger partial charge in [0, 0.05) is 6.20 Å². The Bertz CT molecular complexity index is 325. The summed E-state index contributed by atoms with van der Waals surface area (Å²) in [6, 6.07) is 4.93. The molecule has 0 saturated heterocycles. The van der Waals surface area contributed by atoms with Crippen molar-refractivity contribution < 1.29 is 9.59 Å². The van der Waals surface area contributed by atoms with E-state index in [2.05, 4.69) is 10.3 Å². The molecule has 0 atom stereocenters. The van der Waals surface area contributed by atoms with E-state index in [1.54, 1.807) is 18.2 Å². The van der Waals surface area contributed by atoms with E-state index in [0.29, 0.717) is 0 Å². The van der Waals surface area contributed by atoms with E-state index in [1.807, 2.05) is 5.43 Å². The molecule has 1 rings (SSSR count). The number of amides is 2. The van der Waals surface area contributed by atoms with Crippen LogP contribution in [0.15, 0.2) is 24.4 Å². The summed E-state index contributed by atoms with van der Waals surface area (Å²) < 4.78 is 0. The van der Waals surface area contributed by atoms with Crippen molar-refractivity contribution >= 4 is 11.8 Å². The van der Waals surface area contributed by atoms with Crippen molar-refractivity contribution in [2.75, 3.05) is 6.54 Å². The summed E-state index contributed by atoms with van der Waals surface area (Å²) in [5.41, 5.74) is 2.16. The van der Waals surface area contributed by atoms with Gasteiger partial charge < -0.3 is 5.32 Å². The Labute approximate surface area is 80.5 Å². The van der Waals surface area contributed by atoms with Crippen LogP contribution in [-0.4, -0.2) is 23.3 Å². The fourth-order valence-corrected chi connectivity index (χ4v) is 0.799. The number of aromatic nitrogens is 1. The molecule has 14 heavy (non-hydrogen) atoms. The second-order valence-corrected chi connectivity index (χ2v) is 2.47. The zero-order valence-electron chi connectivity index (χ0n) is 7.36. The molecule has 0 aliphatic heterocycles. The number of nitrogens with zero attached hydrogens (tertiary/aromatic N) is 1. The Morgan fingerprint density at radius 2 is 2.21 bits per heavy atom. The predicted octanol–water partition coefficient (Wildman–Crippen LogP) is -1.20. The minimum atomic E-state index is -0.464. The highest BCUT2D eigenvalue weighted by Crippen LogP contribution is 1.91. The molecule has 0 fully saturated rings. The quantitative estimate of drug-likeness (QED) is 0.320. The normalized spacial score (nSPS) is 9.21. The van der Waals surface area contributed by atoms with Crippen molar-refractivity contribution in [2.24, 2.45) is 5.84 Å². The lowest BCUT2D eigenvalue weighted by Crippen LogP contribution is -2.40. The summed E-state index contributed by atoms with van der Waals surface area (Å²) >= 11 is 0. The average Bonchev–Trinajstić information content (AvgIpc) is 2.26. The first-order chi connectivity index (χ1) is 6.74. The Balaban J connectivity index is 2.48. The van der Waals surface area contributed by atoms with Crippen LogP contribution in [-0.2, 0) is 4.79 Å². The minimum absolute atomic E-state index is 0.161. The number of hydrogen-bond donors (Lipinski definition) is 3. The van der Waals surface area contributed by atoms with Gasteiger partial charge in [-0.1, -0.05) is 6.07 Å². The standard InChI is InChI=1S/C8H10N4O2/c9-12-7(13)5-11-8(14)6-3-1-2-4-10-6/h1-4H,5,9H2,(H,11,14)(H,12,13). The van der Waals surface area contributed by atoms with Crippen LogP contribution in [0.5, 0.6) is 0 Å². The van der Waals surface area contributed by atoms with E-state index < -0.39 is 11.8 Å². The van der Waals surface area contributed by atoms with Crippen LogP contribution >= 0.6 is 0 Å². The number of carbonyl (C=O) groups is 2. The van der Waals surface area contributed by atoms with Crippen LogP contribution < -0.4 is 16.6 Å². The van der Waals surface area contributed by atoms with Gasteiger partial charge in [-0.05, 0) is 12.1 Å². The Hall–Kier alpha value is -1.95. The molecule has 0 radical (unpaired) electrons. The number of pyridine rings is 1. The van der Waals surface area contributed by atoms with Crippen molar-refractivity contribution in [3.05, 3.63) is 30.1 Å². The fourth-order valence-electron chi connectivity index (χ4n) is 0.799. The van der Waals surface area contributed by atoms with Gasteiger partial charge in [-0.2, -0.15) is 0 Å². The molecule has 74 valence electrons. The number of nitrogens with two attached hydrogens (primary N) is 1. The molecule has 1 aromatic rings. The predicted molar refractivity (Wildman–Crippen MR) is 48.9 cm³/mol. The van der Waals surface area contributed by atoms with Crippen LogP contribution in [0, 0.1) is 0 Å². The van der Waals surface area contributed by atoms with Crippen molar-refractivity contribution in [1.82, 2.24) is 15.7 Å². The van der Waals surface area contributed by atoms with Crippen LogP contribution in [0.2, 0.25) is 0 Å². The van der Waals surface area contributed by atoms with E-state index in [9.17, 15) is 9.59 Å². The largest absolute Gasteiger partial charge is 0.342 e. The summed E-state index contributed by atoms with van der Waals surface area (Å²) in [6.07, 6.45) is 1.50. The maximum absolute atomic E-state index is 11.3. The maximum Gasteiger partial charge on any atom is 0.270 e. The number of nitrogens with one attached hydrogen (secondary N) is 2. The van der Waals surface area contributed by atoms with Gasteiger partial charge in [0.2, 0.25) is 0 Å². The van der Waals surface area contributed by atoms with E-state index in [1.165, 1.54) is 6.20 Å². The highest BCUT2D eigenvalue weighted by atomic mass is 16.2. The Morgan fingerprint density at radius 3 is 2.79 bits per heavy atom. The summed E-state index contributed by atoms with van der Waals surface area (Å²) in [6.45, 7) is -0.161. The number of hydrogen-bond acceptors (Lipinski definition) is 4. The van der Waals surface area contributed by atoms with Crippen molar-refractivity contribution in [3.8, 4) is 0 Å². The second kappa shape index (κ2) is 4.93. The molecule has 4 N–H and O–H groups in total. The van der Waals surface area contributed by atoms with Crippen LogP contribution in [0.4, 0.5) is 0 Å². The topological polar surface area (TPSA) is 97.1 Å². The van der Waals surface area contributed by atoms with E-state index in [-0.39, 0.29) is 12.2 Å². The van der Waals surface area contributed by atoms with Gasteiger partial charge in [0.15, 0.2) is 0 Å². The van der Waals surface area contributed by atoms with Gasteiger partial charge in [0.05, 0.1) is 6.54 Å². The fraction of sp³-hybridized carbons (Fsp3) is 0.125. The number of carbonyl (C=O) groups excluding carboxylic acids is 2. The third-order valence-electron chi connectivity index (χ3n) is 1.47. The Morgan fingerprint density at radius 1 is 1.43 bits per heavy atom. The zero-order valence-corrected chi connectivity index (χ0v) is 7.36. The first kappa shape index (κ1) is 10.1. The molecular formula is C8H10N4O2. The third-order valence-corrected chi connectivity index (χ3v) is 1.47. The molecule has 1 heterocycles. The maximum atomic E-state index is 11.3. The molecule has 0 spiro atoms. The number of rotatable bonds is 3. The molecule has 6 heteroatoms. The third kappa shape index (κ3) is 2.83. The van der Waals surface area contributed by atoms with Gasteiger partial charge in [-0.25, -0.2) is 5.84 Å².